The third-order valence-corrected chi connectivity index (χ3v) is 5.50. The van der Waals surface area contributed by atoms with Crippen LogP contribution in [0.3, 0.4) is 0 Å². The van der Waals surface area contributed by atoms with Gasteiger partial charge in [-0.15, -0.1) is 0 Å². The second-order valence-corrected chi connectivity index (χ2v) is 7.64. The summed E-state index contributed by atoms with van der Waals surface area (Å²) >= 11 is 0. The molecule has 2 heterocycles. The van der Waals surface area contributed by atoms with Gasteiger partial charge < -0.3 is 5.32 Å². The van der Waals surface area contributed by atoms with Crippen LogP contribution in [0, 0.1) is 12.7 Å². The van der Waals surface area contributed by atoms with Crippen molar-refractivity contribution in [3.63, 3.8) is 0 Å². The zero-order valence-corrected chi connectivity index (χ0v) is 14.8. The van der Waals surface area contributed by atoms with Gasteiger partial charge in [-0.05, 0) is 31.2 Å². The van der Waals surface area contributed by atoms with E-state index >= 15 is 0 Å². The average Bonchev–Trinajstić information content (AvgIpc) is 3.13. The second kappa shape index (κ2) is 6.49. The average molecular weight is 369 g/mol. The SMILES string of the molecule is Cc1ccc(-n2nc3c(c2NC(=O)c2ccccc2F)C[S@@](=O)C3)cc1. The molecule has 0 unspecified atom stereocenters. The molecule has 0 fully saturated rings. The molecule has 7 heteroatoms. The maximum absolute atomic E-state index is 13.9. The molecule has 5 nitrogen and oxygen atoms in total. The Bertz CT molecular complexity index is 1030. The van der Waals surface area contributed by atoms with Crippen molar-refractivity contribution in [2.45, 2.75) is 18.4 Å². The van der Waals surface area contributed by atoms with E-state index in [-0.39, 0.29) is 5.56 Å². The van der Waals surface area contributed by atoms with Crippen molar-refractivity contribution in [2.24, 2.45) is 0 Å². The van der Waals surface area contributed by atoms with Crippen molar-refractivity contribution in [1.29, 1.82) is 0 Å². The molecule has 0 radical (unpaired) electrons. The van der Waals surface area contributed by atoms with Gasteiger partial charge in [0.15, 0.2) is 0 Å². The highest BCUT2D eigenvalue weighted by atomic mass is 32.2. The van der Waals surface area contributed by atoms with Crippen LogP contribution in [-0.2, 0) is 22.3 Å². The zero-order chi connectivity index (χ0) is 18.3. The third kappa shape index (κ3) is 2.94. The van der Waals surface area contributed by atoms with Gasteiger partial charge in [-0.1, -0.05) is 29.8 Å². The van der Waals surface area contributed by atoms with Crippen LogP contribution in [-0.4, -0.2) is 19.9 Å². The number of nitrogens with one attached hydrogen (secondary N) is 1. The molecule has 0 spiro atoms. The zero-order valence-electron chi connectivity index (χ0n) is 14.0. The molecular weight excluding hydrogens is 353 g/mol. The highest BCUT2D eigenvalue weighted by molar-refractivity contribution is 7.83. The van der Waals surface area contributed by atoms with Crippen LogP contribution in [0.1, 0.15) is 27.2 Å². The van der Waals surface area contributed by atoms with Gasteiger partial charge in [-0.25, -0.2) is 9.07 Å². The van der Waals surface area contributed by atoms with Crippen LogP contribution in [0.5, 0.6) is 0 Å². The van der Waals surface area contributed by atoms with Gasteiger partial charge in [-0.2, -0.15) is 5.10 Å². The lowest BCUT2D eigenvalue weighted by molar-refractivity contribution is 0.102. The molecule has 3 aromatic rings. The monoisotopic (exact) mass is 369 g/mol. The minimum absolute atomic E-state index is 0.0444. The Morgan fingerprint density at radius 3 is 2.62 bits per heavy atom. The normalized spacial score (nSPS) is 15.7. The molecule has 1 N–H and O–H groups in total. The highest BCUT2D eigenvalue weighted by Crippen LogP contribution is 2.31. The summed E-state index contributed by atoms with van der Waals surface area (Å²) in [5, 5.41) is 7.29. The van der Waals surface area contributed by atoms with E-state index in [0.29, 0.717) is 23.0 Å². The first-order valence-corrected chi connectivity index (χ1v) is 9.60. The maximum atomic E-state index is 13.9. The third-order valence-electron chi connectivity index (χ3n) is 4.30. The number of carbonyl (C=O) groups is 1. The number of carbonyl (C=O) groups excluding carboxylic acids is 1. The number of aromatic nitrogens is 2. The van der Waals surface area contributed by atoms with Crippen molar-refractivity contribution in [3.05, 3.63) is 76.7 Å². The van der Waals surface area contributed by atoms with Crippen LogP contribution in [0.2, 0.25) is 0 Å². The summed E-state index contributed by atoms with van der Waals surface area (Å²) in [5.41, 5.74) is 3.28. The second-order valence-electron chi connectivity index (χ2n) is 6.18. The number of amides is 1. The fourth-order valence-electron chi connectivity index (χ4n) is 2.95. The van der Waals surface area contributed by atoms with Gasteiger partial charge in [-0.3, -0.25) is 9.00 Å². The molecule has 1 atom stereocenters. The van der Waals surface area contributed by atoms with Crippen LogP contribution in [0.25, 0.3) is 5.69 Å². The number of nitrogens with zero attached hydrogens (tertiary/aromatic N) is 2. The van der Waals surface area contributed by atoms with E-state index in [0.717, 1.165) is 16.8 Å². The van der Waals surface area contributed by atoms with Gasteiger partial charge in [0.25, 0.3) is 5.91 Å². The molecule has 1 amide bonds. The van der Waals surface area contributed by atoms with Gasteiger partial charge in [0.2, 0.25) is 0 Å². The molecule has 1 aliphatic rings. The molecule has 1 aromatic heterocycles. The molecular formula is C19H16FN3O2S. The molecule has 2 aromatic carbocycles. The predicted molar refractivity (Wildman–Crippen MR) is 98.2 cm³/mol. The summed E-state index contributed by atoms with van der Waals surface area (Å²) in [5.74, 6) is -0.0170. The summed E-state index contributed by atoms with van der Waals surface area (Å²) in [6.07, 6.45) is 0. The molecule has 1 aliphatic heterocycles. The van der Waals surface area contributed by atoms with Crippen LogP contribution < -0.4 is 5.32 Å². The number of aryl methyl sites for hydroxylation is 1. The van der Waals surface area contributed by atoms with Crippen LogP contribution in [0.15, 0.2) is 48.5 Å². The number of anilines is 1. The topological polar surface area (TPSA) is 64.0 Å². The highest BCUT2D eigenvalue weighted by Gasteiger charge is 2.28. The summed E-state index contributed by atoms with van der Waals surface area (Å²) in [4.78, 5) is 12.6. The first-order chi connectivity index (χ1) is 12.5. The van der Waals surface area contributed by atoms with Crippen LogP contribution in [0.4, 0.5) is 10.2 Å². The Labute approximate surface area is 152 Å². The Morgan fingerprint density at radius 2 is 1.88 bits per heavy atom. The molecule has 26 heavy (non-hydrogen) atoms. The predicted octanol–water partition coefficient (Wildman–Crippen LogP) is 3.33. The van der Waals surface area contributed by atoms with Gasteiger partial charge in [0.05, 0.1) is 28.5 Å². The van der Waals surface area contributed by atoms with Crippen molar-refractivity contribution in [1.82, 2.24) is 9.78 Å². The maximum Gasteiger partial charge on any atom is 0.259 e. The number of halogens is 1. The minimum Gasteiger partial charge on any atom is -0.306 e. The molecule has 0 aliphatic carbocycles. The molecule has 0 saturated carbocycles. The first kappa shape index (κ1) is 16.7. The Balaban J connectivity index is 1.77. The van der Waals surface area contributed by atoms with Crippen molar-refractivity contribution in [3.8, 4) is 5.69 Å². The van der Waals surface area contributed by atoms with E-state index in [2.05, 4.69) is 10.4 Å². The van der Waals surface area contributed by atoms with E-state index in [9.17, 15) is 13.4 Å². The van der Waals surface area contributed by atoms with E-state index in [1.165, 1.54) is 18.2 Å². The van der Waals surface area contributed by atoms with E-state index in [1.54, 1.807) is 10.7 Å². The molecule has 0 bridgehead atoms. The van der Waals surface area contributed by atoms with Gasteiger partial charge >= 0.3 is 0 Å². The number of rotatable bonds is 3. The summed E-state index contributed by atoms with van der Waals surface area (Å²) in [7, 11) is -1.03. The Hall–Kier alpha value is -2.80. The van der Waals surface area contributed by atoms with E-state index in [4.69, 9.17) is 0 Å². The lowest BCUT2D eigenvalue weighted by atomic mass is 10.2. The lowest BCUT2D eigenvalue weighted by Crippen LogP contribution is -2.17. The lowest BCUT2D eigenvalue weighted by Gasteiger charge is -2.11. The molecule has 4 rings (SSSR count). The fourth-order valence-corrected chi connectivity index (χ4v) is 4.21. The summed E-state index contributed by atoms with van der Waals surface area (Å²) in [6.45, 7) is 1.98. The van der Waals surface area contributed by atoms with Gasteiger partial charge in [0.1, 0.15) is 11.6 Å². The van der Waals surface area contributed by atoms with E-state index in [1.807, 2.05) is 31.2 Å². The number of hydrogen-bond acceptors (Lipinski definition) is 3. The van der Waals surface area contributed by atoms with E-state index < -0.39 is 22.5 Å². The summed E-state index contributed by atoms with van der Waals surface area (Å²) in [6, 6.07) is 13.5. The smallest absolute Gasteiger partial charge is 0.259 e. The standard InChI is InChI=1S/C19H16FN3O2S/c1-12-6-8-13(9-7-12)23-18(15-10-26(25)11-17(15)22-23)21-19(24)14-4-2-3-5-16(14)20/h2-9H,10-11H2,1H3,(H,21,24)/t26-/m1/s1. The summed E-state index contributed by atoms with van der Waals surface area (Å²) < 4.78 is 27.5. The van der Waals surface area contributed by atoms with Crippen LogP contribution >= 0.6 is 0 Å². The minimum atomic E-state index is -1.03. The number of hydrogen-bond donors (Lipinski definition) is 1. The quantitative estimate of drug-likeness (QED) is 0.770. The van der Waals surface area contributed by atoms with Gasteiger partial charge in [0, 0.05) is 16.4 Å². The Morgan fingerprint density at radius 1 is 1.15 bits per heavy atom. The fraction of sp³-hybridized carbons (Fsp3) is 0.158. The number of fused-ring (bicyclic) bond motifs is 1. The number of benzene rings is 2. The van der Waals surface area contributed by atoms with Crippen molar-refractivity contribution >= 4 is 22.5 Å². The first-order valence-electron chi connectivity index (χ1n) is 8.11. The molecule has 132 valence electrons. The van der Waals surface area contributed by atoms with Crippen molar-refractivity contribution in [2.75, 3.05) is 5.32 Å². The molecule has 0 saturated heterocycles. The Kier molecular flexibility index (Phi) is 4.16. The van der Waals surface area contributed by atoms with Crippen molar-refractivity contribution < 1.29 is 13.4 Å². The largest absolute Gasteiger partial charge is 0.306 e.